The summed E-state index contributed by atoms with van der Waals surface area (Å²) in [4.78, 5) is 31.4. The summed E-state index contributed by atoms with van der Waals surface area (Å²) in [6.07, 6.45) is 2.83. The fourth-order valence-electron chi connectivity index (χ4n) is 6.86. The highest BCUT2D eigenvalue weighted by atomic mass is 16.6. The highest BCUT2D eigenvalue weighted by molar-refractivity contribution is 5.95. The second-order valence-corrected chi connectivity index (χ2v) is 11.6. The van der Waals surface area contributed by atoms with Crippen LogP contribution in [0.3, 0.4) is 0 Å². The topological polar surface area (TPSA) is 49.9 Å². The van der Waals surface area contributed by atoms with Gasteiger partial charge in [0, 0.05) is 50.9 Å². The van der Waals surface area contributed by atoms with Gasteiger partial charge in [0.05, 0.1) is 0 Å². The number of carbonyl (C=O) groups excluding carboxylic acids is 2. The maximum atomic E-state index is 14.4. The predicted octanol–water partition coefficient (Wildman–Crippen LogP) is 6.17. The molecule has 40 heavy (non-hydrogen) atoms. The molecular weight excluding hydrogens is 496 g/mol. The average Bonchev–Trinajstić information content (AvgIpc) is 3.30. The summed E-state index contributed by atoms with van der Waals surface area (Å²) in [6.45, 7) is 9.44. The van der Waals surface area contributed by atoms with Crippen LogP contribution in [0.5, 0.6) is 0 Å². The van der Waals surface area contributed by atoms with E-state index in [9.17, 15) is 9.59 Å². The number of carbonyl (C=O) groups is 2. The number of hydrogen-bond acceptors (Lipinski definition) is 4. The van der Waals surface area contributed by atoms with Crippen molar-refractivity contribution in [1.82, 2.24) is 9.80 Å². The first-order chi connectivity index (χ1) is 19.4. The van der Waals surface area contributed by atoms with Gasteiger partial charge in [-0.2, -0.15) is 0 Å². The van der Waals surface area contributed by atoms with Crippen molar-refractivity contribution in [1.29, 1.82) is 0 Å². The lowest BCUT2D eigenvalue weighted by molar-refractivity contribution is -0.166. The van der Waals surface area contributed by atoms with Gasteiger partial charge in [0.2, 0.25) is 5.91 Å². The van der Waals surface area contributed by atoms with Gasteiger partial charge in [0.1, 0.15) is 11.0 Å². The number of esters is 1. The van der Waals surface area contributed by atoms with Crippen molar-refractivity contribution < 1.29 is 14.3 Å². The van der Waals surface area contributed by atoms with Crippen molar-refractivity contribution in [2.75, 3.05) is 26.2 Å². The summed E-state index contributed by atoms with van der Waals surface area (Å²) >= 11 is 0. The first-order valence-corrected chi connectivity index (χ1v) is 14.8. The molecule has 5 nitrogen and oxygen atoms in total. The van der Waals surface area contributed by atoms with Crippen LogP contribution in [0, 0.1) is 5.92 Å². The molecule has 0 aromatic heterocycles. The third-order valence-electron chi connectivity index (χ3n) is 9.06. The Bertz CT molecular complexity index is 1230. The van der Waals surface area contributed by atoms with Gasteiger partial charge in [-0.25, -0.2) is 0 Å². The highest BCUT2D eigenvalue weighted by Gasteiger charge is 2.56. The highest BCUT2D eigenvalue weighted by Crippen LogP contribution is 2.48. The number of amides is 1. The third-order valence-corrected chi connectivity index (χ3v) is 9.06. The summed E-state index contributed by atoms with van der Waals surface area (Å²) in [5.41, 5.74) is 1.96. The minimum absolute atomic E-state index is 0.138. The second kappa shape index (κ2) is 12.0. The molecule has 0 aliphatic carbocycles. The molecule has 0 bridgehead atoms. The molecule has 2 heterocycles. The van der Waals surface area contributed by atoms with E-state index in [1.54, 1.807) is 0 Å². The fourth-order valence-corrected chi connectivity index (χ4v) is 6.86. The second-order valence-electron chi connectivity index (χ2n) is 11.6. The molecule has 1 atom stereocenters. The van der Waals surface area contributed by atoms with Crippen molar-refractivity contribution in [3.63, 3.8) is 0 Å². The van der Waals surface area contributed by atoms with E-state index < -0.39 is 11.0 Å². The van der Waals surface area contributed by atoms with Gasteiger partial charge < -0.3 is 14.5 Å². The van der Waals surface area contributed by atoms with Crippen LogP contribution in [0.15, 0.2) is 91.0 Å². The van der Waals surface area contributed by atoms with Crippen LogP contribution >= 0.6 is 0 Å². The van der Waals surface area contributed by atoms with E-state index in [2.05, 4.69) is 60.0 Å². The molecule has 0 spiro atoms. The van der Waals surface area contributed by atoms with E-state index in [0.29, 0.717) is 6.42 Å². The van der Waals surface area contributed by atoms with Crippen LogP contribution in [-0.4, -0.2) is 53.9 Å². The molecule has 2 aliphatic heterocycles. The largest absolute Gasteiger partial charge is 0.454 e. The molecule has 3 aromatic carbocycles. The minimum Gasteiger partial charge on any atom is -0.454 e. The van der Waals surface area contributed by atoms with Gasteiger partial charge in [-0.1, -0.05) is 97.9 Å². The van der Waals surface area contributed by atoms with Crippen molar-refractivity contribution in [3.05, 3.63) is 108 Å². The lowest BCUT2D eigenvalue weighted by Gasteiger charge is -2.42. The Hall–Kier alpha value is -3.44. The van der Waals surface area contributed by atoms with E-state index in [0.717, 1.165) is 62.1 Å². The standard InChI is InChI=1S/C35H42N2O3/c1-4-32(38)40-34(28-14-8-5-9-15-28)21-24-36(25-22-34)23-20-31-26-37(27(2)3)33(39)35(31,29-16-10-6-11-17-29)30-18-12-7-13-19-30/h5-19,27,31H,4,20-26H2,1-3H3/t31-/m0/s1. The van der Waals surface area contributed by atoms with Crippen LogP contribution in [-0.2, 0) is 25.3 Å². The van der Waals surface area contributed by atoms with Crippen LogP contribution < -0.4 is 0 Å². The van der Waals surface area contributed by atoms with E-state index in [1.165, 1.54) is 0 Å². The molecular formula is C35H42N2O3. The predicted molar refractivity (Wildman–Crippen MR) is 159 cm³/mol. The Morgan fingerprint density at radius 1 is 0.850 bits per heavy atom. The summed E-state index contributed by atoms with van der Waals surface area (Å²) in [6, 6.07) is 31.1. The number of piperidine rings is 1. The van der Waals surface area contributed by atoms with Crippen LogP contribution in [0.2, 0.25) is 0 Å². The minimum atomic E-state index is -0.701. The average molecular weight is 539 g/mol. The number of likely N-dealkylation sites (tertiary alicyclic amines) is 2. The number of ether oxygens (including phenoxy) is 1. The zero-order valence-electron chi connectivity index (χ0n) is 24.1. The molecule has 0 saturated carbocycles. The Kier molecular flexibility index (Phi) is 8.41. The van der Waals surface area contributed by atoms with Gasteiger partial charge in [0.15, 0.2) is 0 Å². The Balaban J connectivity index is 1.39. The number of benzene rings is 3. The number of hydrogen-bond donors (Lipinski definition) is 0. The summed E-state index contributed by atoms with van der Waals surface area (Å²) in [5.74, 6) is 0.204. The molecule has 2 fully saturated rings. The van der Waals surface area contributed by atoms with Crippen molar-refractivity contribution in [2.24, 2.45) is 5.92 Å². The first-order valence-electron chi connectivity index (χ1n) is 14.8. The smallest absolute Gasteiger partial charge is 0.306 e. The normalized spacial score (nSPS) is 20.6. The quantitative estimate of drug-likeness (QED) is 0.306. The Morgan fingerprint density at radius 2 is 1.35 bits per heavy atom. The van der Waals surface area contributed by atoms with Gasteiger partial charge in [-0.3, -0.25) is 9.59 Å². The van der Waals surface area contributed by atoms with Gasteiger partial charge in [0.25, 0.3) is 0 Å². The monoisotopic (exact) mass is 538 g/mol. The maximum Gasteiger partial charge on any atom is 0.306 e. The Labute approximate surface area is 239 Å². The lowest BCUT2D eigenvalue weighted by Crippen LogP contribution is -2.47. The van der Waals surface area contributed by atoms with E-state index in [1.807, 2.05) is 61.5 Å². The van der Waals surface area contributed by atoms with Gasteiger partial charge in [-0.15, -0.1) is 0 Å². The van der Waals surface area contributed by atoms with Crippen molar-refractivity contribution in [2.45, 2.75) is 63.5 Å². The third kappa shape index (κ3) is 5.19. The van der Waals surface area contributed by atoms with Gasteiger partial charge in [-0.05, 0) is 43.5 Å². The van der Waals surface area contributed by atoms with E-state index >= 15 is 0 Å². The summed E-state index contributed by atoms with van der Waals surface area (Å²) in [7, 11) is 0. The molecule has 210 valence electrons. The number of nitrogens with zero attached hydrogens (tertiary/aromatic N) is 2. The number of rotatable bonds is 9. The Morgan fingerprint density at radius 3 is 1.82 bits per heavy atom. The summed E-state index contributed by atoms with van der Waals surface area (Å²) in [5, 5.41) is 0. The lowest BCUT2D eigenvalue weighted by atomic mass is 9.66. The van der Waals surface area contributed by atoms with E-state index in [-0.39, 0.29) is 23.8 Å². The molecule has 5 rings (SSSR count). The molecule has 0 unspecified atom stereocenters. The van der Waals surface area contributed by atoms with Crippen molar-refractivity contribution in [3.8, 4) is 0 Å². The molecule has 3 aromatic rings. The van der Waals surface area contributed by atoms with Crippen molar-refractivity contribution >= 4 is 11.9 Å². The SMILES string of the molecule is CCC(=O)OC1(c2ccccc2)CCN(CC[C@H]2CN(C(C)C)C(=O)C2(c2ccccc2)c2ccccc2)CC1. The van der Waals surface area contributed by atoms with Crippen LogP contribution in [0.1, 0.15) is 63.1 Å². The molecule has 2 aliphatic rings. The van der Waals surface area contributed by atoms with Crippen LogP contribution in [0.25, 0.3) is 0 Å². The molecule has 5 heteroatoms. The van der Waals surface area contributed by atoms with Crippen LogP contribution in [0.4, 0.5) is 0 Å². The molecule has 0 radical (unpaired) electrons. The summed E-state index contributed by atoms with van der Waals surface area (Å²) < 4.78 is 6.13. The van der Waals surface area contributed by atoms with Gasteiger partial charge >= 0.3 is 5.97 Å². The molecule has 1 amide bonds. The molecule has 2 saturated heterocycles. The van der Waals surface area contributed by atoms with E-state index in [4.69, 9.17) is 4.74 Å². The molecule has 0 N–H and O–H groups in total. The first kappa shape index (κ1) is 28.1. The fraction of sp³-hybridized carbons (Fsp3) is 0.429. The zero-order chi connectivity index (χ0) is 28.2. The zero-order valence-corrected chi connectivity index (χ0v) is 24.1. The maximum absolute atomic E-state index is 14.4.